The van der Waals surface area contributed by atoms with E-state index in [-0.39, 0.29) is 0 Å². The second kappa shape index (κ2) is 8.46. The molecule has 2 N–H and O–H groups in total. The van der Waals surface area contributed by atoms with Crippen LogP contribution in [0.1, 0.15) is 24.8 Å². The van der Waals surface area contributed by atoms with Crippen LogP contribution < -0.4 is 10.6 Å². The Morgan fingerprint density at radius 1 is 1.48 bits per heavy atom. The maximum atomic E-state index is 4.25. The second-order valence-electron chi connectivity index (χ2n) is 4.96. The number of hydrogen-bond donors (Lipinski definition) is 2. The van der Waals surface area contributed by atoms with Crippen molar-refractivity contribution in [2.45, 2.75) is 25.8 Å². The molecule has 0 bridgehead atoms. The Hall–Kier alpha value is -1.82. The lowest BCUT2D eigenvalue weighted by atomic mass is 10.1. The molecule has 114 valence electrons. The van der Waals surface area contributed by atoms with Crippen molar-refractivity contribution in [3.05, 3.63) is 40.8 Å². The summed E-state index contributed by atoms with van der Waals surface area (Å²) in [6.45, 7) is 4.91. The van der Waals surface area contributed by atoms with Gasteiger partial charge in [0.05, 0.1) is 0 Å². The molecule has 0 aliphatic heterocycles. The fraction of sp³-hybridized carbons (Fsp3) is 0.467. The van der Waals surface area contributed by atoms with Crippen molar-refractivity contribution >= 4 is 17.3 Å². The lowest BCUT2D eigenvalue weighted by Gasteiger charge is -2.15. The smallest absolute Gasteiger partial charge is 0.190 e. The van der Waals surface area contributed by atoms with Gasteiger partial charge in [-0.1, -0.05) is 6.92 Å². The molecule has 0 amide bonds. The summed E-state index contributed by atoms with van der Waals surface area (Å²) >= 11 is 1.74. The first-order chi connectivity index (χ1) is 10.3. The van der Waals surface area contributed by atoms with Crippen molar-refractivity contribution in [3.63, 3.8) is 0 Å². The first kappa shape index (κ1) is 15.6. The van der Waals surface area contributed by atoms with Crippen molar-refractivity contribution < 1.29 is 0 Å². The first-order valence-electron chi connectivity index (χ1n) is 7.23. The molecular weight excluding hydrogens is 282 g/mol. The summed E-state index contributed by atoms with van der Waals surface area (Å²) in [5.74, 6) is 1.34. The van der Waals surface area contributed by atoms with Crippen molar-refractivity contribution in [3.8, 4) is 0 Å². The standard InChI is InChI=1S/C15H23N5S/c1-13(14-5-10-21-12-14)11-18-15(16-2)17-6-3-8-20-9-4-7-19-20/h4-5,7,9-10,12-13H,3,6,8,11H2,1-2H3,(H2,16,17,18). The van der Waals surface area contributed by atoms with Crippen LogP contribution in [0.3, 0.4) is 0 Å². The van der Waals surface area contributed by atoms with E-state index in [0.717, 1.165) is 32.0 Å². The zero-order chi connectivity index (χ0) is 14.9. The molecule has 2 aromatic heterocycles. The molecule has 21 heavy (non-hydrogen) atoms. The van der Waals surface area contributed by atoms with Gasteiger partial charge < -0.3 is 10.6 Å². The van der Waals surface area contributed by atoms with Gasteiger partial charge in [0.15, 0.2) is 5.96 Å². The number of nitrogens with zero attached hydrogens (tertiary/aromatic N) is 3. The molecule has 0 saturated heterocycles. The van der Waals surface area contributed by atoms with Crippen LogP contribution in [0.25, 0.3) is 0 Å². The van der Waals surface area contributed by atoms with Gasteiger partial charge in [-0.15, -0.1) is 0 Å². The van der Waals surface area contributed by atoms with Crippen LogP contribution >= 0.6 is 11.3 Å². The van der Waals surface area contributed by atoms with Crippen molar-refractivity contribution in [2.24, 2.45) is 4.99 Å². The van der Waals surface area contributed by atoms with Gasteiger partial charge in [0.2, 0.25) is 0 Å². The van der Waals surface area contributed by atoms with Crippen molar-refractivity contribution in [1.82, 2.24) is 20.4 Å². The van der Waals surface area contributed by atoms with E-state index in [9.17, 15) is 0 Å². The molecule has 0 fully saturated rings. The van der Waals surface area contributed by atoms with E-state index in [0.29, 0.717) is 5.92 Å². The third-order valence-corrected chi connectivity index (χ3v) is 4.03. The molecular formula is C15H23N5S. The first-order valence-corrected chi connectivity index (χ1v) is 8.18. The summed E-state index contributed by atoms with van der Waals surface area (Å²) in [4.78, 5) is 4.25. The zero-order valence-electron chi connectivity index (χ0n) is 12.6. The van der Waals surface area contributed by atoms with Gasteiger partial charge in [-0.05, 0) is 40.8 Å². The average Bonchev–Trinajstić information content (AvgIpc) is 3.19. The predicted octanol–water partition coefficient (Wildman–Crippen LogP) is 2.30. The van der Waals surface area contributed by atoms with Gasteiger partial charge in [0.25, 0.3) is 0 Å². The topological polar surface area (TPSA) is 54.2 Å². The highest BCUT2D eigenvalue weighted by Gasteiger charge is 2.06. The minimum atomic E-state index is 0.485. The zero-order valence-corrected chi connectivity index (χ0v) is 13.4. The fourth-order valence-corrected chi connectivity index (χ4v) is 2.81. The Kier molecular flexibility index (Phi) is 6.27. The Bertz CT molecular complexity index is 518. The molecule has 0 radical (unpaired) electrons. The maximum Gasteiger partial charge on any atom is 0.190 e. The van der Waals surface area contributed by atoms with Crippen LogP contribution in [0, 0.1) is 0 Å². The predicted molar refractivity (Wildman–Crippen MR) is 88.9 cm³/mol. The van der Waals surface area contributed by atoms with E-state index in [1.807, 2.05) is 16.9 Å². The molecule has 2 rings (SSSR count). The van der Waals surface area contributed by atoms with E-state index in [4.69, 9.17) is 0 Å². The van der Waals surface area contributed by atoms with Gasteiger partial charge in [-0.2, -0.15) is 16.4 Å². The average molecular weight is 305 g/mol. The Morgan fingerprint density at radius 2 is 2.38 bits per heavy atom. The summed E-state index contributed by atoms with van der Waals surface area (Å²) in [6.07, 6.45) is 4.80. The quantitative estimate of drug-likeness (QED) is 0.469. The molecule has 0 saturated carbocycles. The Balaban J connectivity index is 1.64. The number of hydrogen-bond acceptors (Lipinski definition) is 3. The summed E-state index contributed by atoms with van der Waals surface area (Å²) in [5, 5.41) is 15.2. The van der Waals surface area contributed by atoms with E-state index < -0.39 is 0 Å². The number of thiophene rings is 1. The third-order valence-electron chi connectivity index (χ3n) is 3.33. The molecule has 1 unspecified atom stereocenters. The number of rotatable bonds is 7. The number of aliphatic imine (C=N–C) groups is 1. The highest BCUT2D eigenvalue weighted by molar-refractivity contribution is 7.07. The van der Waals surface area contributed by atoms with Crippen molar-refractivity contribution in [2.75, 3.05) is 20.1 Å². The second-order valence-corrected chi connectivity index (χ2v) is 5.74. The van der Waals surface area contributed by atoms with Gasteiger partial charge in [0.1, 0.15) is 0 Å². The number of guanidine groups is 1. The minimum absolute atomic E-state index is 0.485. The number of aromatic nitrogens is 2. The summed E-state index contributed by atoms with van der Waals surface area (Å²) in [7, 11) is 1.80. The third kappa shape index (κ3) is 5.23. The summed E-state index contributed by atoms with van der Waals surface area (Å²) < 4.78 is 1.94. The molecule has 2 aromatic rings. The molecule has 2 heterocycles. The van der Waals surface area contributed by atoms with Gasteiger partial charge in [-0.3, -0.25) is 9.67 Å². The highest BCUT2D eigenvalue weighted by Crippen LogP contribution is 2.16. The van der Waals surface area contributed by atoms with Crippen LogP contribution in [-0.4, -0.2) is 35.9 Å². The van der Waals surface area contributed by atoms with E-state index in [1.165, 1.54) is 5.56 Å². The van der Waals surface area contributed by atoms with Gasteiger partial charge in [-0.25, -0.2) is 0 Å². The van der Waals surface area contributed by atoms with Crippen LogP contribution in [0.5, 0.6) is 0 Å². The van der Waals surface area contributed by atoms with Crippen LogP contribution in [0.15, 0.2) is 40.3 Å². The van der Waals surface area contributed by atoms with E-state index in [2.05, 4.69) is 44.5 Å². The molecule has 0 aliphatic rings. The normalized spacial score (nSPS) is 13.1. The van der Waals surface area contributed by atoms with E-state index in [1.54, 1.807) is 24.6 Å². The van der Waals surface area contributed by atoms with Crippen molar-refractivity contribution in [1.29, 1.82) is 0 Å². The lowest BCUT2D eigenvalue weighted by molar-refractivity contribution is 0.569. The van der Waals surface area contributed by atoms with Gasteiger partial charge in [0, 0.05) is 39.1 Å². The molecule has 1 atom stereocenters. The van der Waals surface area contributed by atoms with Crippen LogP contribution in [-0.2, 0) is 6.54 Å². The monoisotopic (exact) mass is 305 g/mol. The Morgan fingerprint density at radius 3 is 3.05 bits per heavy atom. The summed E-state index contributed by atoms with van der Waals surface area (Å²) in [5.41, 5.74) is 1.38. The summed E-state index contributed by atoms with van der Waals surface area (Å²) in [6, 6.07) is 4.12. The van der Waals surface area contributed by atoms with E-state index >= 15 is 0 Å². The largest absolute Gasteiger partial charge is 0.356 e. The molecule has 0 aromatic carbocycles. The maximum absolute atomic E-state index is 4.25. The molecule has 5 nitrogen and oxygen atoms in total. The minimum Gasteiger partial charge on any atom is -0.356 e. The fourth-order valence-electron chi connectivity index (χ4n) is 2.02. The number of nitrogens with one attached hydrogen (secondary N) is 2. The highest BCUT2D eigenvalue weighted by atomic mass is 32.1. The molecule has 0 spiro atoms. The molecule has 6 heteroatoms. The van der Waals surface area contributed by atoms with Crippen LogP contribution in [0.4, 0.5) is 0 Å². The van der Waals surface area contributed by atoms with Gasteiger partial charge >= 0.3 is 0 Å². The Labute approximate surface area is 130 Å². The SMILES string of the molecule is CN=C(NCCCn1cccn1)NCC(C)c1ccsc1. The number of aryl methyl sites for hydroxylation is 1. The molecule has 0 aliphatic carbocycles. The van der Waals surface area contributed by atoms with Crippen LogP contribution in [0.2, 0.25) is 0 Å². The lowest BCUT2D eigenvalue weighted by Crippen LogP contribution is -2.39.